The van der Waals surface area contributed by atoms with Crippen molar-refractivity contribution in [3.8, 4) is 5.69 Å². The third kappa shape index (κ3) is 2.78. The van der Waals surface area contributed by atoms with Crippen LogP contribution in [0.2, 0.25) is 0 Å². The van der Waals surface area contributed by atoms with E-state index in [0.29, 0.717) is 15.6 Å². The third-order valence-corrected chi connectivity index (χ3v) is 3.70. The quantitative estimate of drug-likeness (QED) is 0.673. The summed E-state index contributed by atoms with van der Waals surface area (Å²) in [5.74, 6) is -0.595. The lowest BCUT2D eigenvalue weighted by atomic mass is 10.1. The van der Waals surface area contributed by atoms with Gasteiger partial charge in [-0.3, -0.25) is 4.79 Å². The minimum Gasteiger partial charge on any atom is -0.288 e. The Kier molecular flexibility index (Phi) is 3.66. The Hall–Kier alpha value is -2.27. The molecule has 3 aromatic rings. The highest BCUT2D eigenvalue weighted by molar-refractivity contribution is 9.10. The van der Waals surface area contributed by atoms with Crippen LogP contribution >= 0.6 is 15.9 Å². The highest BCUT2D eigenvalue weighted by atomic mass is 79.9. The van der Waals surface area contributed by atoms with E-state index in [9.17, 15) is 9.18 Å². The Morgan fingerprint density at radius 3 is 2.62 bits per heavy atom. The zero-order valence-electron chi connectivity index (χ0n) is 10.8. The van der Waals surface area contributed by atoms with E-state index in [4.69, 9.17) is 0 Å². The van der Waals surface area contributed by atoms with Gasteiger partial charge in [-0.2, -0.15) is 5.10 Å². The fourth-order valence-corrected chi connectivity index (χ4v) is 2.52. The molecule has 104 valence electrons. The molecule has 0 radical (unpaired) electrons. The number of hydrogen-bond donors (Lipinski definition) is 0. The van der Waals surface area contributed by atoms with Gasteiger partial charge in [-0.1, -0.05) is 18.2 Å². The summed E-state index contributed by atoms with van der Waals surface area (Å²) < 4.78 is 15.1. The summed E-state index contributed by atoms with van der Waals surface area (Å²) in [5.41, 5.74) is 1.73. The molecule has 0 unspecified atom stereocenters. The average Bonchev–Trinajstić information content (AvgIpc) is 2.97. The molecule has 3 nitrogen and oxygen atoms in total. The monoisotopic (exact) mass is 344 g/mol. The fourth-order valence-electron chi connectivity index (χ4n) is 1.99. The van der Waals surface area contributed by atoms with Crippen LogP contribution in [-0.2, 0) is 0 Å². The summed E-state index contributed by atoms with van der Waals surface area (Å²) in [5, 5.41) is 4.19. The molecule has 0 bridgehead atoms. The maximum atomic E-state index is 13.1. The Bertz CT molecular complexity index is 799. The minimum absolute atomic E-state index is 0.205. The first-order valence-corrected chi connectivity index (χ1v) is 7.04. The zero-order chi connectivity index (χ0) is 14.8. The van der Waals surface area contributed by atoms with Gasteiger partial charge < -0.3 is 0 Å². The van der Waals surface area contributed by atoms with Gasteiger partial charge in [-0.05, 0) is 46.3 Å². The van der Waals surface area contributed by atoms with Gasteiger partial charge in [0, 0.05) is 16.2 Å². The summed E-state index contributed by atoms with van der Waals surface area (Å²) >= 11 is 3.21. The predicted octanol–water partition coefficient (Wildman–Crippen LogP) is 4.00. The Morgan fingerprint density at radius 1 is 1.14 bits per heavy atom. The fraction of sp³-hybridized carbons (Fsp3) is 0. The maximum Gasteiger partial charge on any atom is 0.197 e. The van der Waals surface area contributed by atoms with Crippen LogP contribution in [0.5, 0.6) is 0 Å². The second-order valence-corrected chi connectivity index (χ2v) is 5.32. The number of ketones is 1. The number of halogens is 2. The molecule has 5 heteroatoms. The van der Waals surface area contributed by atoms with Gasteiger partial charge in [-0.15, -0.1) is 0 Å². The predicted molar refractivity (Wildman–Crippen MR) is 81.1 cm³/mol. The van der Waals surface area contributed by atoms with E-state index in [1.54, 1.807) is 10.9 Å². The van der Waals surface area contributed by atoms with E-state index in [-0.39, 0.29) is 5.78 Å². The van der Waals surface area contributed by atoms with Crippen LogP contribution in [0, 0.1) is 5.82 Å². The molecule has 3 rings (SSSR count). The molecule has 0 aliphatic carbocycles. The molecule has 0 aliphatic rings. The van der Waals surface area contributed by atoms with Crippen LogP contribution in [0.25, 0.3) is 5.69 Å². The van der Waals surface area contributed by atoms with Gasteiger partial charge in [0.15, 0.2) is 5.78 Å². The van der Waals surface area contributed by atoms with Gasteiger partial charge in [0.1, 0.15) is 5.82 Å². The Balaban J connectivity index is 1.94. The Morgan fingerprint density at radius 2 is 1.90 bits per heavy atom. The maximum absolute atomic E-state index is 13.1. The first-order chi connectivity index (χ1) is 10.1. The molecule has 0 atom stereocenters. The lowest BCUT2D eigenvalue weighted by molar-refractivity contribution is 0.103. The van der Waals surface area contributed by atoms with Crippen LogP contribution in [-0.4, -0.2) is 15.6 Å². The second-order valence-electron chi connectivity index (χ2n) is 4.46. The van der Waals surface area contributed by atoms with Gasteiger partial charge in [0.2, 0.25) is 0 Å². The van der Waals surface area contributed by atoms with E-state index >= 15 is 0 Å². The molecule has 1 heterocycles. The second kappa shape index (κ2) is 5.61. The van der Waals surface area contributed by atoms with Gasteiger partial charge >= 0.3 is 0 Å². The van der Waals surface area contributed by atoms with Crippen LogP contribution in [0.4, 0.5) is 4.39 Å². The molecule has 0 N–H and O–H groups in total. The number of aromatic nitrogens is 2. The summed E-state index contributed by atoms with van der Waals surface area (Å²) in [4.78, 5) is 12.4. The SMILES string of the molecule is O=C(c1cnn(-c2ccccc2)c1)c1ccc(F)cc1Br. The first kappa shape index (κ1) is 13.7. The molecule has 0 aliphatic heterocycles. The van der Waals surface area contributed by atoms with Crippen LogP contribution in [0.15, 0.2) is 65.4 Å². The van der Waals surface area contributed by atoms with Crippen molar-refractivity contribution in [2.24, 2.45) is 0 Å². The molecule has 0 spiro atoms. The van der Waals surface area contributed by atoms with Crippen molar-refractivity contribution >= 4 is 21.7 Å². The molecule has 2 aromatic carbocycles. The van der Waals surface area contributed by atoms with Crippen molar-refractivity contribution in [1.29, 1.82) is 0 Å². The average molecular weight is 345 g/mol. The minimum atomic E-state index is -0.390. The van der Waals surface area contributed by atoms with E-state index in [1.807, 2.05) is 30.3 Å². The Labute approximate surface area is 129 Å². The van der Waals surface area contributed by atoms with Crippen LogP contribution < -0.4 is 0 Å². The standard InChI is InChI=1S/C16H10BrFN2O/c17-15-8-12(18)6-7-14(15)16(21)11-9-19-20(10-11)13-4-2-1-3-5-13/h1-10H. The van der Waals surface area contributed by atoms with Crippen molar-refractivity contribution in [1.82, 2.24) is 9.78 Å². The largest absolute Gasteiger partial charge is 0.288 e. The van der Waals surface area contributed by atoms with Crippen molar-refractivity contribution in [2.45, 2.75) is 0 Å². The summed E-state index contributed by atoms with van der Waals surface area (Å²) in [6.45, 7) is 0. The number of benzene rings is 2. The molecule has 1 aromatic heterocycles. The molecule has 0 saturated heterocycles. The number of para-hydroxylation sites is 1. The van der Waals surface area contributed by atoms with Gasteiger partial charge in [0.05, 0.1) is 17.4 Å². The van der Waals surface area contributed by atoms with E-state index in [2.05, 4.69) is 21.0 Å². The third-order valence-electron chi connectivity index (χ3n) is 3.04. The highest BCUT2D eigenvalue weighted by Gasteiger charge is 2.15. The zero-order valence-corrected chi connectivity index (χ0v) is 12.4. The van der Waals surface area contributed by atoms with E-state index in [1.165, 1.54) is 24.4 Å². The lowest BCUT2D eigenvalue weighted by Crippen LogP contribution is -2.01. The van der Waals surface area contributed by atoms with E-state index < -0.39 is 5.82 Å². The van der Waals surface area contributed by atoms with Crippen molar-refractivity contribution in [3.63, 3.8) is 0 Å². The van der Waals surface area contributed by atoms with Gasteiger partial charge in [0.25, 0.3) is 0 Å². The van der Waals surface area contributed by atoms with Crippen LogP contribution in [0.1, 0.15) is 15.9 Å². The topological polar surface area (TPSA) is 34.9 Å². The first-order valence-electron chi connectivity index (χ1n) is 6.25. The smallest absolute Gasteiger partial charge is 0.197 e. The molecule has 0 amide bonds. The van der Waals surface area contributed by atoms with E-state index in [0.717, 1.165) is 5.69 Å². The number of rotatable bonds is 3. The molecule has 21 heavy (non-hydrogen) atoms. The molecule has 0 fully saturated rings. The van der Waals surface area contributed by atoms with Gasteiger partial charge in [-0.25, -0.2) is 9.07 Å². The van der Waals surface area contributed by atoms with Crippen molar-refractivity contribution < 1.29 is 9.18 Å². The summed E-state index contributed by atoms with van der Waals surface area (Å²) in [7, 11) is 0. The number of hydrogen-bond acceptors (Lipinski definition) is 2. The van der Waals surface area contributed by atoms with Crippen molar-refractivity contribution in [2.75, 3.05) is 0 Å². The van der Waals surface area contributed by atoms with Crippen LogP contribution in [0.3, 0.4) is 0 Å². The summed E-state index contributed by atoms with van der Waals surface area (Å²) in [6, 6.07) is 13.5. The molecular weight excluding hydrogens is 335 g/mol. The number of carbonyl (C=O) groups excluding carboxylic acids is 1. The summed E-state index contributed by atoms with van der Waals surface area (Å²) in [6.07, 6.45) is 3.17. The van der Waals surface area contributed by atoms with Crippen molar-refractivity contribution in [3.05, 3.63) is 82.3 Å². The molecule has 0 saturated carbocycles. The highest BCUT2D eigenvalue weighted by Crippen LogP contribution is 2.21. The number of nitrogens with zero attached hydrogens (tertiary/aromatic N) is 2. The lowest BCUT2D eigenvalue weighted by Gasteiger charge is -2.02. The number of carbonyl (C=O) groups is 1. The molecular formula is C16H10BrFN2O. The normalized spacial score (nSPS) is 10.6.